The third kappa shape index (κ3) is 4.98. The molecular formula is C30H32FNO2. The summed E-state index contributed by atoms with van der Waals surface area (Å²) in [6, 6.07) is 25.8. The molecule has 176 valence electrons. The first-order valence-electron chi connectivity index (χ1n) is 11.9. The van der Waals surface area contributed by atoms with Crippen LogP contribution >= 0.6 is 0 Å². The highest BCUT2D eigenvalue weighted by Crippen LogP contribution is 2.38. The Bertz CT molecular complexity index is 1230. The summed E-state index contributed by atoms with van der Waals surface area (Å²) in [7, 11) is 0. The molecular weight excluding hydrogens is 425 g/mol. The normalized spacial score (nSPS) is 13.2. The highest BCUT2D eigenvalue weighted by atomic mass is 19.1. The van der Waals surface area contributed by atoms with Crippen LogP contribution in [0.5, 0.6) is 5.75 Å². The largest absolute Gasteiger partial charge is 0.492 e. The van der Waals surface area contributed by atoms with Gasteiger partial charge < -0.3 is 14.7 Å². The molecule has 4 heteroatoms. The van der Waals surface area contributed by atoms with E-state index in [1.807, 2.05) is 42.5 Å². The Morgan fingerprint density at radius 2 is 1.32 bits per heavy atom. The van der Waals surface area contributed by atoms with Gasteiger partial charge in [-0.15, -0.1) is 0 Å². The first kappa shape index (κ1) is 23.9. The van der Waals surface area contributed by atoms with E-state index in [0.29, 0.717) is 17.7 Å². The van der Waals surface area contributed by atoms with E-state index in [2.05, 4.69) is 43.9 Å². The maximum absolute atomic E-state index is 13.7. The van der Waals surface area contributed by atoms with Crippen molar-refractivity contribution in [3.63, 3.8) is 0 Å². The van der Waals surface area contributed by atoms with Crippen molar-refractivity contribution in [3.8, 4) is 5.75 Å². The summed E-state index contributed by atoms with van der Waals surface area (Å²) >= 11 is 0. The van der Waals surface area contributed by atoms with Crippen molar-refractivity contribution < 1.29 is 14.2 Å². The summed E-state index contributed by atoms with van der Waals surface area (Å²) in [4.78, 5) is 2.31. The number of benzene rings is 4. The van der Waals surface area contributed by atoms with Gasteiger partial charge in [-0.05, 0) is 77.8 Å². The van der Waals surface area contributed by atoms with Crippen molar-refractivity contribution in [1.82, 2.24) is 4.90 Å². The van der Waals surface area contributed by atoms with Gasteiger partial charge in [-0.1, -0.05) is 74.0 Å². The van der Waals surface area contributed by atoms with Gasteiger partial charge in [0.25, 0.3) is 0 Å². The van der Waals surface area contributed by atoms with Crippen molar-refractivity contribution in [3.05, 3.63) is 113 Å². The zero-order chi connectivity index (χ0) is 24.1. The van der Waals surface area contributed by atoms with Crippen LogP contribution in [0.4, 0.5) is 4.39 Å². The molecule has 0 saturated carbocycles. The van der Waals surface area contributed by atoms with E-state index >= 15 is 0 Å². The molecule has 0 aliphatic rings. The van der Waals surface area contributed by atoms with Crippen LogP contribution in [-0.2, 0) is 5.60 Å². The van der Waals surface area contributed by atoms with Gasteiger partial charge in [-0.3, -0.25) is 0 Å². The molecule has 3 nitrogen and oxygen atoms in total. The molecule has 0 spiro atoms. The Balaban J connectivity index is 1.69. The molecule has 4 aromatic carbocycles. The maximum Gasteiger partial charge on any atom is 0.140 e. The van der Waals surface area contributed by atoms with Gasteiger partial charge in [0.15, 0.2) is 0 Å². The van der Waals surface area contributed by atoms with E-state index in [4.69, 9.17) is 4.74 Å². The first-order chi connectivity index (χ1) is 16.4. The number of aryl methyl sites for hydroxylation is 1. The van der Waals surface area contributed by atoms with Gasteiger partial charge in [-0.2, -0.15) is 0 Å². The predicted octanol–water partition coefficient (Wildman–Crippen LogP) is 6.29. The van der Waals surface area contributed by atoms with Crippen molar-refractivity contribution in [2.45, 2.75) is 26.4 Å². The number of nitrogens with zero attached hydrogens (tertiary/aromatic N) is 1. The van der Waals surface area contributed by atoms with Gasteiger partial charge in [0, 0.05) is 6.54 Å². The molecule has 34 heavy (non-hydrogen) atoms. The number of ether oxygens (including phenoxy) is 1. The molecule has 0 saturated heterocycles. The zero-order valence-corrected chi connectivity index (χ0v) is 20.1. The van der Waals surface area contributed by atoms with Crippen LogP contribution in [0.1, 0.15) is 36.1 Å². The molecule has 1 N–H and O–H groups in total. The molecule has 0 radical (unpaired) electrons. The number of aliphatic hydroxyl groups is 1. The van der Waals surface area contributed by atoms with Crippen LogP contribution in [0.15, 0.2) is 84.9 Å². The fourth-order valence-corrected chi connectivity index (χ4v) is 4.41. The number of hydrogen-bond donors (Lipinski definition) is 1. The van der Waals surface area contributed by atoms with Crippen molar-refractivity contribution in [2.75, 3.05) is 26.2 Å². The molecule has 0 amide bonds. The summed E-state index contributed by atoms with van der Waals surface area (Å²) < 4.78 is 19.6. The number of likely N-dealkylation sites (N-methyl/N-ethyl adjacent to an activating group) is 1. The number of hydrogen-bond acceptors (Lipinski definition) is 3. The third-order valence-corrected chi connectivity index (χ3v) is 6.52. The Morgan fingerprint density at radius 3 is 1.97 bits per heavy atom. The SMILES string of the molecule is CCN(CC)CCOc1ccc(C(O)(c2ccc(F)cc2)c2ccc3cc(C)ccc3c2)cc1. The molecule has 1 atom stereocenters. The van der Waals surface area contributed by atoms with Crippen molar-refractivity contribution in [1.29, 1.82) is 0 Å². The molecule has 0 aromatic heterocycles. The third-order valence-electron chi connectivity index (χ3n) is 6.52. The lowest BCUT2D eigenvalue weighted by Crippen LogP contribution is -2.29. The molecule has 0 heterocycles. The minimum atomic E-state index is -1.44. The van der Waals surface area contributed by atoms with Crippen molar-refractivity contribution in [2.24, 2.45) is 0 Å². The van der Waals surface area contributed by atoms with Gasteiger partial charge in [0.05, 0.1) is 0 Å². The Morgan fingerprint density at radius 1 is 0.765 bits per heavy atom. The molecule has 0 bridgehead atoms. The number of rotatable bonds is 9. The minimum Gasteiger partial charge on any atom is -0.492 e. The topological polar surface area (TPSA) is 32.7 Å². The van der Waals surface area contributed by atoms with E-state index in [0.717, 1.165) is 41.7 Å². The average molecular weight is 458 g/mol. The number of fused-ring (bicyclic) bond motifs is 1. The molecule has 0 fully saturated rings. The summed E-state index contributed by atoms with van der Waals surface area (Å²) in [6.45, 7) is 9.81. The van der Waals surface area contributed by atoms with Gasteiger partial charge in [-0.25, -0.2) is 4.39 Å². The molecule has 4 rings (SSSR count). The van der Waals surface area contributed by atoms with Crippen LogP contribution < -0.4 is 4.74 Å². The maximum atomic E-state index is 13.7. The molecule has 0 aliphatic heterocycles. The Labute approximate surface area is 201 Å². The summed E-state index contributed by atoms with van der Waals surface area (Å²) in [5, 5.41) is 14.3. The van der Waals surface area contributed by atoms with Gasteiger partial charge in [0.1, 0.15) is 23.8 Å². The van der Waals surface area contributed by atoms with Crippen LogP contribution in [-0.4, -0.2) is 36.2 Å². The highest BCUT2D eigenvalue weighted by molar-refractivity contribution is 5.84. The average Bonchev–Trinajstić information content (AvgIpc) is 2.86. The van der Waals surface area contributed by atoms with E-state index in [1.54, 1.807) is 12.1 Å². The minimum absolute atomic E-state index is 0.336. The second-order valence-corrected chi connectivity index (χ2v) is 8.68. The lowest BCUT2D eigenvalue weighted by molar-refractivity contribution is 0.125. The smallest absolute Gasteiger partial charge is 0.140 e. The summed E-state index contributed by atoms with van der Waals surface area (Å²) in [6.07, 6.45) is 0. The highest BCUT2D eigenvalue weighted by Gasteiger charge is 2.34. The molecule has 4 aromatic rings. The van der Waals surface area contributed by atoms with E-state index < -0.39 is 5.60 Å². The fraction of sp³-hybridized carbons (Fsp3) is 0.267. The predicted molar refractivity (Wildman–Crippen MR) is 137 cm³/mol. The first-order valence-corrected chi connectivity index (χ1v) is 11.9. The van der Waals surface area contributed by atoms with Crippen molar-refractivity contribution >= 4 is 10.8 Å². The zero-order valence-electron chi connectivity index (χ0n) is 20.1. The second kappa shape index (κ2) is 10.4. The van der Waals surface area contributed by atoms with Crippen LogP contribution in [0, 0.1) is 12.7 Å². The fourth-order valence-electron chi connectivity index (χ4n) is 4.41. The monoisotopic (exact) mass is 457 g/mol. The summed E-state index contributed by atoms with van der Waals surface area (Å²) in [5.74, 6) is 0.420. The summed E-state index contributed by atoms with van der Waals surface area (Å²) in [5.41, 5.74) is 1.78. The lowest BCUT2D eigenvalue weighted by atomic mass is 9.79. The van der Waals surface area contributed by atoms with E-state index in [1.165, 1.54) is 17.7 Å². The van der Waals surface area contributed by atoms with Crippen LogP contribution in [0.25, 0.3) is 10.8 Å². The van der Waals surface area contributed by atoms with Crippen LogP contribution in [0.2, 0.25) is 0 Å². The molecule has 1 unspecified atom stereocenters. The quantitative estimate of drug-likeness (QED) is 0.300. The second-order valence-electron chi connectivity index (χ2n) is 8.68. The van der Waals surface area contributed by atoms with E-state index in [-0.39, 0.29) is 5.82 Å². The Hall–Kier alpha value is -3.21. The van der Waals surface area contributed by atoms with Gasteiger partial charge >= 0.3 is 0 Å². The van der Waals surface area contributed by atoms with Gasteiger partial charge in [0.2, 0.25) is 0 Å². The molecule has 0 aliphatic carbocycles. The Kier molecular flexibility index (Phi) is 7.30. The van der Waals surface area contributed by atoms with Crippen LogP contribution in [0.3, 0.4) is 0 Å². The van der Waals surface area contributed by atoms with E-state index in [9.17, 15) is 9.50 Å². The number of halogens is 1. The lowest BCUT2D eigenvalue weighted by Gasteiger charge is -2.30. The standard InChI is InChI=1S/C30H32FNO2/c1-4-32(5-2)18-19-34-29-16-12-26(13-17-29)30(33,25-10-14-28(31)15-11-25)27-9-8-23-20-22(3)6-7-24(23)21-27/h6-17,20-21,33H,4-5,18-19H2,1-3H3.